The first kappa shape index (κ1) is 15.2. The number of fused-ring (bicyclic) bond motifs is 1. The monoisotopic (exact) mass is 292 g/mol. The summed E-state index contributed by atoms with van der Waals surface area (Å²) < 4.78 is 5.29. The van der Waals surface area contributed by atoms with Gasteiger partial charge in [-0.3, -0.25) is 9.59 Å². The maximum atomic E-state index is 11.8. The molecule has 114 valence electrons. The first-order chi connectivity index (χ1) is 9.80. The Morgan fingerprint density at radius 2 is 2.19 bits per heavy atom. The van der Waals surface area contributed by atoms with E-state index in [0.717, 1.165) is 0 Å². The second-order valence-electron chi connectivity index (χ2n) is 5.74. The summed E-state index contributed by atoms with van der Waals surface area (Å²) >= 11 is 0. The Balaban J connectivity index is 2.64. The number of anilines is 2. The topological polar surface area (TPSA) is 87.7 Å². The van der Waals surface area contributed by atoms with Crippen molar-refractivity contribution < 1.29 is 19.4 Å². The molecule has 1 heterocycles. The van der Waals surface area contributed by atoms with E-state index in [-0.39, 0.29) is 24.0 Å². The average molecular weight is 292 g/mol. The van der Waals surface area contributed by atoms with Crippen LogP contribution in [0.1, 0.15) is 39.2 Å². The number of carbonyl (C=O) groups excluding carboxylic acids is 2. The van der Waals surface area contributed by atoms with Gasteiger partial charge in [-0.25, -0.2) is 0 Å². The predicted octanol–water partition coefficient (Wildman–Crippen LogP) is 2.37. The van der Waals surface area contributed by atoms with E-state index in [1.54, 1.807) is 6.92 Å². The third-order valence-electron chi connectivity index (χ3n) is 3.62. The summed E-state index contributed by atoms with van der Waals surface area (Å²) in [6, 6.07) is 1.52. The molecule has 0 fully saturated rings. The van der Waals surface area contributed by atoms with Crippen LogP contribution in [0.2, 0.25) is 0 Å². The number of methoxy groups -OCH3 is 1. The molecule has 1 aliphatic rings. The molecule has 0 spiro atoms. The predicted molar refractivity (Wildman–Crippen MR) is 79.9 cm³/mol. The summed E-state index contributed by atoms with van der Waals surface area (Å²) in [5.74, 6) is 0.0495. The molecule has 2 amide bonds. The van der Waals surface area contributed by atoms with Crippen molar-refractivity contribution in [1.29, 1.82) is 0 Å². The molecule has 0 saturated heterocycles. The molecule has 2 rings (SSSR count). The molecule has 0 aliphatic carbocycles. The maximum Gasteiger partial charge on any atom is 0.225 e. The molecule has 6 heteroatoms. The van der Waals surface area contributed by atoms with Crippen molar-refractivity contribution in [2.45, 2.75) is 39.0 Å². The molecule has 0 saturated carbocycles. The molecule has 6 nitrogen and oxygen atoms in total. The van der Waals surface area contributed by atoms with Gasteiger partial charge in [-0.1, -0.05) is 20.8 Å². The zero-order chi connectivity index (χ0) is 15.8. The van der Waals surface area contributed by atoms with Crippen LogP contribution in [0.5, 0.6) is 11.5 Å². The van der Waals surface area contributed by atoms with Crippen molar-refractivity contribution in [3.63, 3.8) is 0 Å². The summed E-state index contributed by atoms with van der Waals surface area (Å²) in [5.41, 5.74) is 0.780. The highest BCUT2D eigenvalue weighted by Crippen LogP contribution is 2.50. The summed E-state index contributed by atoms with van der Waals surface area (Å²) in [6.07, 6.45) is 0.556. The second-order valence-corrected chi connectivity index (χ2v) is 5.74. The number of aromatic hydroxyl groups is 1. The third-order valence-corrected chi connectivity index (χ3v) is 3.62. The number of nitrogens with one attached hydrogen (secondary N) is 2. The van der Waals surface area contributed by atoms with Gasteiger partial charge in [-0.05, 0) is 0 Å². The van der Waals surface area contributed by atoms with Crippen LogP contribution in [0.25, 0.3) is 0 Å². The van der Waals surface area contributed by atoms with E-state index in [1.807, 2.05) is 13.8 Å². The minimum absolute atomic E-state index is 0.0300. The van der Waals surface area contributed by atoms with E-state index in [0.29, 0.717) is 29.1 Å². The lowest BCUT2D eigenvalue weighted by Gasteiger charge is -2.34. The van der Waals surface area contributed by atoms with Gasteiger partial charge in [0, 0.05) is 29.9 Å². The van der Waals surface area contributed by atoms with Crippen molar-refractivity contribution in [2.75, 3.05) is 17.7 Å². The highest BCUT2D eigenvalue weighted by atomic mass is 16.5. The summed E-state index contributed by atoms with van der Waals surface area (Å²) in [4.78, 5) is 23.4. The fraction of sp³-hybridized carbons (Fsp3) is 0.467. The zero-order valence-corrected chi connectivity index (χ0v) is 12.7. The molecule has 1 aromatic carbocycles. The quantitative estimate of drug-likeness (QED) is 0.746. The number of hydrogen-bond acceptors (Lipinski definition) is 4. The number of hydrogen-bond donors (Lipinski definition) is 3. The maximum absolute atomic E-state index is 11.8. The van der Waals surface area contributed by atoms with Crippen LogP contribution in [-0.4, -0.2) is 24.0 Å². The molecule has 0 radical (unpaired) electrons. The number of ether oxygens (including phenoxy) is 1. The van der Waals surface area contributed by atoms with E-state index in [1.165, 1.54) is 13.2 Å². The van der Waals surface area contributed by atoms with Gasteiger partial charge < -0.3 is 20.5 Å². The Labute approximate surface area is 123 Å². The molecule has 0 atom stereocenters. The number of benzene rings is 1. The Kier molecular flexibility index (Phi) is 3.80. The number of phenols is 1. The number of amides is 2. The van der Waals surface area contributed by atoms with Crippen LogP contribution in [-0.2, 0) is 15.0 Å². The lowest BCUT2D eigenvalue weighted by atomic mass is 9.77. The highest BCUT2D eigenvalue weighted by Gasteiger charge is 2.37. The van der Waals surface area contributed by atoms with Crippen LogP contribution >= 0.6 is 0 Å². The van der Waals surface area contributed by atoms with Gasteiger partial charge in [0.25, 0.3) is 0 Å². The van der Waals surface area contributed by atoms with Crippen LogP contribution < -0.4 is 15.4 Å². The first-order valence-corrected chi connectivity index (χ1v) is 6.84. The largest absolute Gasteiger partial charge is 0.505 e. The van der Waals surface area contributed by atoms with Gasteiger partial charge >= 0.3 is 0 Å². The fourth-order valence-corrected chi connectivity index (χ4v) is 2.60. The first-order valence-electron chi connectivity index (χ1n) is 6.84. The number of phenolic OH excluding ortho intramolecular Hbond substituents is 1. The Morgan fingerprint density at radius 1 is 1.52 bits per heavy atom. The molecular formula is C15H20N2O4. The molecule has 0 unspecified atom stereocenters. The van der Waals surface area contributed by atoms with Crippen molar-refractivity contribution in [1.82, 2.24) is 0 Å². The average Bonchev–Trinajstić information content (AvgIpc) is 2.39. The summed E-state index contributed by atoms with van der Waals surface area (Å²) in [5, 5.41) is 15.9. The van der Waals surface area contributed by atoms with Gasteiger partial charge in [0.2, 0.25) is 11.8 Å². The number of rotatable bonds is 3. The smallest absolute Gasteiger partial charge is 0.225 e. The van der Waals surface area contributed by atoms with E-state index in [4.69, 9.17) is 4.74 Å². The SMILES string of the molecule is CCC(=O)Nc1cc(OC)c2c(c1O)C(C)(C)CC(=O)N2. The van der Waals surface area contributed by atoms with Gasteiger partial charge in [0.1, 0.15) is 11.5 Å². The second kappa shape index (κ2) is 5.27. The highest BCUT2D eigenvalue weighted by molar-refractivity contribution is 6.01. The molecule has 1 aliphatic heterocycles. The molecule has 0 bridgehead atoms. The van der Waals surface area contributed by atoms with Crippen molar-refractivity contribution in [2.24, 2.45) is 0 Å². The van der Waals surface area contributed by atoms with E-state index >= 15 is 0 Å². The molecule has 3 N–H and O–H groups in total. The summed E-state index contributed by atoms with van der Waals surface area (Å²) in [7, 11) is 1.48. The van der Waals surface area contributed by atoms with Gasteiger partial charge in [-0.2, -0.15) is 0 Å². The minimum Gasteiger partial charge on any atom is -0.505 e. The normalized spacial score (nSPS) is 15.9. The Hall–Kier alpha value is -2.24. The number of carbonyl (C=O) groups is 2. The van der Waals surface area contributed by atoms with Gasteiger partial charge in [0.15, 0.2) is 0 Å². The van der Waals surface area contributed by atoms with E-state index < -0.39 is 5.41 Å². The lowest BCUT2D eigenvalue weighted by molar-refractivity contribution is -0.118. The Morgan fingerprint density at radius 3 is 2.76 bits per heavy atom. The van der Waals surface area contributed by atoms with Crippen molar-refractivity contribution in [3.8, 4) is 11.5 Å². The van der Waals surface area contributed by atoms with Crippen LogP contribution in [0.3, 0.4) is 0 Å². The lowest BCUT2D eigenvalue weighted by Crippen LogP contribution is -2.33. The van der Waals surface area contributed by atoms with Crippen molar-refractivity contribution in [3.05, 3.63) is 11.6 Å². The van der Waals surface area contributed by atoms with Crippen LogP contribution in [0.4, 0.5) is 11.4 Å². The van der Waals surface area contributed by atoms with Gasteiger partial charge in [-0.15, -0.1) is 0 Å². The van der Waals surface area contributed by atoms with E-state index in [2.05, 4.69) is 10.6 Å². The molecule has 1 aromatic rings. The molecule has 21 heavy (non-hydrogen) atoms. The molecular weight excluding hydrogens is 272 g/mol. The van der Waals surface area contributed by atoms with Crippen LogP contribution in [0, 0.1) is 0 Å². The van der Waals surface area contributed by atoms with Crippen LogP contribution in [0.15, 0.2) is 6.07 Å². The Bertz CT molecular complexity index is 608. The zero-order valence-electron chi connectivity index (χ0n) is 12.7. The standard InChI is InChI=1S/C15H20N2O4/c1-5-10(18)16-8-6-9(21-4)13-12(14(8)20)15(2,3)7-11(19)17-13/h6,20H,5,7H2,1-4H3,(H,16,18)(H,17,19). The van der Waals surface area contributed by atoms with E-state index in [9.17, 15) is 14.7 Å². The minimum atomic E-state index is -0.554. The van der Waals surface area contributed by atoms with Gasteiger partial charge in [0.05, 0.1) is 18.5 Å². The third kappa shape index (κ3) is 2.66. The fourth-order valence-electron chi connectivity index (χ4n) is 2.60. The van der Waals surface area contributed by atoms with Crippen molar-refractivity contribution >= 4 is 23.2 Å². The molecule has 0 aromatic heterocycles. The summed E-state index contributed by atoms with van der Waals surface area (Å²) in [6.45, 7) is 5.47.